The third kappa shape index (κ3) is 1.77. The van der Waals surface area contributed by atoms with Gasteiger partial charge in [0.2, 0.25) is 0 Å². The molecule has 12 heavy (non-hydrogen) atoms. The Kier molecular flexibility index (Phi) is 3.11. The van der Waals surface area contributed by atoms with Gasteiger partial charge < -0.3 is 10.5 Å². The van der Waals surface area contributed by atoms with E-state index in [1.54, 1.807) is 6.08 Å². The first-order valence-corrected chi connectivity index (χ1v) is 4.16. The highest BCUT2D eigenvalue weighted by atomic mass is 16.5. The fraction of sp³-hybridized carbons (Fsp3) is 0.400. The molecule has 0 aliphatic carbocycles. The molecule has 0 unspecified atom stereocenters. The van der Waals surface area contributed by atoms with Crippen LogP contribution >= 0.6 is 0 Å². The summed E-state index contributed by atoms with van der Waals surface area (Å²) in [5.74, 6) is 0.765. The Morgan fingerprint density at radius 3 is 2.92 bits per heavy atom. The number of hydrogen-bond acceptors (Lipinski definition) is 2. The molecule has 0 aromatic heterocycles. The van der Waals surface area contributed by atoms with Crippen LogP contribution in [-0.4, -0.2) is 13.2 Å². The van der Waals surface area contributed by atoms with Crippen LogP contribution in [0.4, 0.5) is 0 Å². The van der Waals surface area contributed by atoms with Crippen molar-refractivity contribution < 1.29 is 4.74 Å². The van der Waals surface area contributed by atoms with Crippen LogP contribution in [0.1, 0.15) is 12.8 Å². The van der Waals surface area contributed by atoms with Crippen LogP contribution in [0.15, 0.2) is 36.1 Å². The van der Waals surface area contributed by atoms with Gasteiger partial charge >= 0.3 is 0 Å². The zero-order chi connectivity index (χ0) is 8.97. The summed E-state index contributed by atoms with van der Waals surface area (Å²) < 4.78 is 5.32. The van der Waals surface area contributed by atoms with Gasteiger partial charge in [-0.1, -0.05) is 19.2 Å². The molecule has 1 heterocycles. The van der Waals surface area contributed by atoms with Gasteiger partial charge in [-0.3, -0.25) is 0 Å². The van der Waals surface area contributed by atoms with Crippen LogP contribution in [0.5, 0.6) is 0 Å². The van der Waals surface area contributed by atoms with E-state index in [0.29, 0.717) is 6.54 Å². The molecule has 0 amide bonds. The zero-order valence-corrected chi connectivity index (χ0v) is 7.31. The number of ether oxygens (including phenoxy) is 1. The molecule has 0 atom stereocenters. The van der Waals surface area contributed by atoms with E-state index < -0.39 is 0 Å². The molecule has 1 rings (SSSR count). The normalized spacial score (nSPS) is 21.6. The van der Waals surface area contributed by atoms with E-state index in [1.807, 2.05) is 0 Å². The molecule has 2 nitrogen and oxygen atoms in total. The fourth-order valence-electron chi connectivity index (χ4n) is 1.34. The highest BCUT2D eigenvalue weighted by Gasteiger charge is 2.13. The lowest BCUT2D eigenvalue weighted by Gasteiger charge is -2.20. The molecule has 0 bridgehead atoms. The minimum atomic E-state index is 0.515. The van der Waals surface area contributed by atoms with Crippen molar-refractivity contribution in [2.24, 2.45) is 5.73 Å². The summed E-state index contributed by atoms with van der Waals surface area (Å²) >= 11 is 0. The first-order valence-electron chi connectivity index (χ1n) is 4.16. The molecule has 0 aromatic carbocycles. The minimum Gasteiger partial charge on any atom is -0.494 e. The third-order valence-electron chi connectivity index (χ3n) is 2.04. The molecule has 2 N–H and O–H groups in total. The van der Waals surface area contributed by atoms with Gasteiger partial charge in [0, 0.05) is 6.54 Å². The predicted octanol–water partition coefficient (Wildman–Crippen LogP) is 1.75. The van der Waals surface area contributed by atoms with Crippen molar-refractivity contribution in [1.29, 1.82) is 0 Å². The molecule has 0 aromatic rings. The highest BCUT2D eigenvalue weighted by molar-refractivity contribution is 5.36. The number of rotatable bonds is 2. The topological polar surface area (TPSA) is 35.2 Å². The Bertz CT molecular complexity index is 228. The monoisotopic (exact) mass is 165 g/mol. The van der Waals surface area contributed by atoms with Crippen LogP contribution in [0.3, 0.4) is 0 Å². The Labute approximate surface area is 73.4 Å². The van der Waals surface area contributed by atoms with Gasteiger partial charge in [0.25, 0.3) is 0 Å². The van der Waals surface area contributed by atoms with Crippen molar-refractivity contribution in [3.8, 4) is 0 Å². The van der Waals surface area contributed by atoms with E-state index in [2.05, 4.69) is 13.2 Å². The minimum absolute atomic E-state index is 0.515. The van der Waals surface area contributed by atoms with Crippen LogP contribution in [0, 0.1) is 0 Å². The van der Waals surface area contributed by atoms with Crippen molar-refractivity contribution in [1.82, 2.24) is 0 Å². The molecule has 1 saturated heterocycles. The second-order valence-corrected chi connectivity index (χ2v) is 2.79. The first kappa shape index (κ1) is 9.07. The first-order chi connectivity index (χ1) is 5.79. The molecule has 1 aliphatic rings. The summed E-state index contributed by atoms with van der Waals surface area (Å²) in [4.78, 5) is 0. The second kappa shape index (κ2) is 4.12. The van der Waals surface area contributed by atoms with Crippen LogP contribution in [0.2, 0.25) is 0 Å². The third-order valence-corrected chi connectivity index (χ3v) is 2.04. The second-order valence-electron chi connectivity index (χ2n) is 2.79. The molecule has 2 heteroatoms. The summed E-state index contributed by atoms with van der Waals surface area (Å²) in [5, 5.41) is 0. The number of nitrogens with two attached hydrogens (primary N) is 1. The Morgan fingerprint density at radius 2 is 2.42 bits per heavy atom. The van der Waals surface area contributed by atoms with Crippen LogP contribution in [-0.2, 0) is 4.74 Å². The van der Waals surface area contributed by atoms with Crippen molar-refractivity contribution in [2.75, 3.05) is 13.2 Å². The average Bonchev–Trinajstić information content (AvgIpc) is 2.10. The fourth-order valence-corrected chi connectivity index (χ4v) is 1.34. The van der Waals surface area contributed by atoms with Gasteiger partial charge in [-0.2, -0.15) is 0 Å². The Hall–Kier alpha value is -1.02. The molecule has 1 fully saturated rings. The van der Waals surface area contributed by atoms with Crippen molar-refractivity contribution in [3.63, 3.8) is 0 Å². The number of hydrogen-bond donors (Lipinski definition) is 1. The highest BCUT2D eigenvalue weighted by Crippen LogP contribution is 2.24. The van der Waals surface area contributed by atoms with Gasteiger partial charge in [-0.05, 0) is 24.0 Å². The standard InChI is InChI=1S/C10H15NO/c1-3-9(7-11)10-5-4-6-12-8(10)2/h3H,1-2,4-7,11H2/b10-9+. The Balaban J connectivity index is 2.87. The lowest BCUT2D eigenvalue weighted by atomic mass is 10.00. The summed E-state index contributed by atoms with van der Waals surface area (Å²) in [6, 6.07) is 0. The maximum atomic E-state index is 5.55. The summed E-state index contributed by atoms with van der Waals surface area (Å²) in [6.45, 7) is 8.83. The van der Waals surface area contributed by atoms with Crippen molar-refractivity contribution in [3.05, 3.63) is 36.1 Å². The summed E-state index contributed by atoms with van der Waals surface area (Å²) in [5.41, 5.74) is 7.74. The molecule has 0 radical (unpaired) electrons. The van der Waals surface area contributed by atoms with E-state index >= 15 is 0 Å². The smallest absolute Gasteiger partial charge is 0.115 e. The van der Waals surface area contributed by atoms with Gasteiger partial charge in [-0.25, -0.2) is 0 Å². The van der Waals surface area contributed by atoms with E-state index in [0.717, 1.165) is 36.4 Å². The summed E-state index contributed by atoms with van der Waals surface area (Å²) in [7, 11) is 0. The van der Waals surface area contributed by atoms with Crippen LogP contribution < -0.4 is 5.73 Å². The molecular weight excluding hydrogens is 150 g/mol. The molecular formula is C10H15NO. The molecule has 0 saturated carbocycles. The molecule has 1 aliphatic heterocycles. The Morgan fingerprint density at radius 1 is 1.67 bits per heavy atom. The van der Waals surface area contributed by atoms with E-state index in [1.165, 1.54) is 0 Å². The summed E-state index contributed by atoms with van der Waals surface area (Å²) in [6.07, 6.45) is 3.85. The SMILES string of the molecule is C=C/C(CN)=C1/CCCOC1=C. The maximum Gasteiger partial charge on any atom is 0.115 e. The average molecular weight is 165 g/mol. The van der Waals surface area contributed by atoms with Crippen LogP contribution in [0.25, 0.3) is 0 Å². The molecule has 0 spiro atoms. The lowest BCUT2D eigenvalue weighted by molar-refractivity contribution is 0.194. The van der Waals surface area contributed by atoms with E-state index in [-0.39, 0.29) is 0 Å². The largest absolute Gasteiger partial charge is 0.494 e. The predicted molar refractivity (Wildman–Crippen MR) is 50.6 cm³/mol. The quantitative estimate of drug-likeness (QED) is 0.676. The van der Waals surface area contributed by atoms with Gasteiger partial charge in [0.05, 0.1) is 6.61 Å². The lowest BCUT2D eigenvalue weighted by Crippen LogP contribution is -2.11. The van der Waals surface area contributed by atoms with Gasteiger partial charge in [0.15, 0.2) is 0 Å². The van der Waals surface area contributed by atoms with Gasteiger partial charge in [0.1, 0.15) is 5.76 Å². The van der Waals surface area contributed by atoms with E-state index in [4.69, 9.17) is 10.5 Å². The number of allylic oxidation sites excluding steroid dienone is 1. The maximum absolute atomic E-state index is 5.55. The zero-order valence-electron chi connectivity index (χ0n) is 7.31. The van der Waals surface area contributed by atoms with Crippen molar-refractivity contribution >= 4 is 0 Å². The van der Waals surface area contributed by atoms with Gasteiger partial charge in [-0.15, -0.1) is 0 Å². The molecule has 66 valence electrons. The van der Waals surface area contributed by atoms with E-state index in [9.17, 15) is 0 Å². The van der Waals surface area contributed by atoms with Crippen molar-refractivity contribution in [2.45, 2.75) is 12.8 Å².